The third kappa shape index (κ3) is 3.87. The Labute approximate surface area is 154 Å². The molecule has 0 fully saturated rings. The molecule has 0 unspecified atom stereocenters. The predicted octanol–water partition coefficient (Wildman–Crippen LogP) is 4.46. The van der Waals surface area contributed by atoms with E-state index in [-0.39, 0.29) is 12.7 Å². The fraction of sp³-hybridized carbons (Fsp3) is 0.278. The van der Waals surface area contributed by atoms with E-state index in [1.54, 1.807) is 11.8 Å². The number of amides is 1. The van der Waals surface area contributed by atoms with E-state index in [4.69, 9.17) is 9.47 Å². The van der Waals surface area contributed by atoms with Crippen LogP contribution in [-0.4, -0.2) is 25.0 Å². The minimum absolute atomic E-state index is 0.116. The Hall–Kier alpha value is -1.66. The Balaban J connectivity index is 1.59. The van der Waals surface area contributed by atoms with Gasteiger partial charge in [-0.05, 0) is 36.8 Å². The fourth-order valence-corrected chi connectivity index (χ4v) is 4.05. The number of rotatable bonds is 6. The summed E-state index contributed by atoms with van der Waals surface area (Å²) < 4.78 is 11.7. The number of halogens is 1. The maximum atomic E-state index is 12.5. The van der Waals surface area contributed by atoms with Gasteiger partial charge < -0.3 is 14.4 Å². The lowest BCUT2D eigenvalue weighted by atomic mass is 10.2. The van der Waals surface area contributed by atoms with Gasteiger partial charge >= 0.3 is 0 Å². The molecule has 0 saturated heterocycles. The van der Waals surface area contributed by atoms with Crippen molar-refractivity contribution < 1.29 is 14.3 Å². The number of hydrogen-bond donors (Lipinski definition) is 0. The van der Waals surface area contributed by atoms with Gasteiger partial charge in [0.15, 0.2) is 11.5 Å². The molecule has 4 nitrogen and oxygen atoms in total. The van der Waals surface area contributed by atoms with Crippen molar-refractivity contribution in [1.29, 1.82) is 0 Å². The molecule has 2 aromatic carbocycles. The van der Waals surface area contributed by atoms with E-state index < -0.39 is 0 Å². The minimum atomic E-state index is 0.116. The van der Waals surface area contributed by atoms with Crippen LogP contribution in [-0.2, 0) is 10.5 Å². The van der Waals surface area contributed by atoms with Crippen LogP contribution in [0.4, 0.5) is 5.69 Å². The van der Waals surface area contributed by atoms with Crippen LogP contribution < -0.4 is 14.4 Å². The van der Waals surface area contributed by atoms with Gasteiger partial charge in [-0.2, -0.15) is 0 Å². The molecule has 3 rings (SSSR count). The molecule has 1 heterocycles. The number of carbonyl (C=O) groups excluding carboxylic acids is 1. The standard InChI is InChI=1S/C18H18BrNO3S/c1-2-20(14-6-4-3-5-7-14)18(21)11-24-10-13-8-16-17(9-15(13)19)23-12-22-16/h3-9H,2,10-12H2,1H3. The van der Waals surface area contributed by atoms with Crippen molar-refractivity contribution in [1.82, 2.24) is 0 Å². The summed E-state index contributed by atoms with van der Waals surface area (Å²) in [6, 6.07) is 13.7. The quantitative estimate of drug-likeness (QED) is 0.708. The summed E-state index contributed by atoms with van der Waals surface area (Å²) in [5.74, 6) is 2.80. The third-order valence-electron chi connectivity index (χ3n) is 3.71. The Morgan fingerprint density at radius 1 is 1.21 bits per heavy atom. The van der Waals surface area contributed by atoms with Crippen molar-refractivity contribution in [2.24, 2.45) is 0 Å². The van der Waals surface area contributed by atoms with Crippen LogP contribution in [0.5, 0.6) is 11.5 Å². The number of thioether (sulfide) groups is 1. The van der Waals surface area contributed by atoms with Crippen LogP contribution in [0.3, 0.4) is 0 Å². The van der Waals surface area contributed by atoms with Gasteiger partial charge in [0.1, 0.15) is 0 Å². The van der Waals surface area contributed by atoms with Crippen LogP contribution in [0.15, 0.2) is 46.9 Å². The Kier molecular flexibility index (Phi) is 5.68. The minimum Gasteiger partial charge on any atom is -0.454 e. The average molecular weight is 408 g/mol. The molecular weight excluding hydrogens is 390 g/mol. The zero-order chi connectivity index (χ0) is 16.9. The van der Waals surface area contributed by atoms with E-state index in [0.29, 0.717) is 12.3 Å². The van der Waals surface area contributed by atoms with Crippen LogP contribution >= 0.6 is 27.7 Å². The predicted molar refractivity (Wildman–Crippen MR) is 101 cm³/mol. The van der Waals surface area contributed by atoms with Gasteiger partial charge in [0, 0.05) is 22.5 Å². The van der Waals surface area contributed by atoms with Crippen LogP contribution in [0.2, 0.25) is 0 Å². The van der Waals surface area contributed by atoms with Crippen molar-refractivity contribution in [3.8, 4) is 11.5 Å². The lowest BCUT2D eigenvalue weighted by molar-refractivity contribution is -0.116. The number of ether oxygens (including phenoxy) is 2. The summed E-state index contributed by atoms with van der Waals surface area (Å²) in [6.45, 7) is 2.92. The lowest BCUT2D eigenvalue weighted by Gasteiger charge is -2.20. The number of benzene rings is 2. The zero-order valence-electron chi connectivity index (χ0n) is 13.3. The molecule has 0 saturated carbocycles. The van der Waals surface area contributed by atoms with Crippen molar-refractivity contribution in [2.45, 2.75) is 12.7 Å². The summed E-state index contributed by atoms with van der Waals surface area (Å²) in [7, 11) is 0. The molecule has 0 spiro atoms. The van der Waals surface area contributed by atoms with Crippen molar-refractivity contribution >= 4 is 39.3 Å². The lowest BCUT2D eigenvalue weighted by Crippen LogP contribution is -2.32. The van der Waals surface area contributed by atoms with Gasteiger partial charge in [0.2, 0.25) is 12.7 Å². The highest BCUT2D eigenvalue weighted by atomic mass is 79.9. The molecule has 0 radical (unpaired) electrons. The average Bonchev–Trinajstić information content (AvgIpc) is 3.04. The molecule has 2 aromatic rings. The second-order valence-corrected chi connectivity index (χ2v) is 7.10. The molecule has 1 aliphatic rings. The number of nitrogens with zero attached hydrogens (tertiary/aromatic N) is 1. The molecule has 0 aliphatic carbocycles. The number of carbonyl (C=O) groups is 1. The second kappa shape index (κ2) is 7.94. The van der Waals surface area contributed by atoms with Crippen molar-refractivity contribution in [3.63, 3.8) is 0 Å². The Bertz CT molecular complexity index is 724. The third-order valence-corrected chi connectivity index (χ3v) is 5.41. The van der Waals surface area contributed by atoms with E-state index in [1.165, 1.54) is 0 Å². The second-order valence-electron chi connectivity index (χ2n) is 5.26. The highest BCUT2D eigenvalue weighted by molar-refractivity contribution is 9.10. The first-order chi connectivity index (χ1) is 11.7. The summed E-state index contributed by atoms with van der Waals surface area (Å²) >= 11 is 5.15. The summed E-state index contributed by atoms with van der Waals surface area (Å²) in [6.07, 6.45) is 0. The van der Waals surface area contributed by atoms with Crippen LogP contribution in [0.25, 0.3) is 0 Å². The summed E-state index contributed by atoms with van der Waals surface area (Å²) in [5.41, 5.74) is 2.04. The SMILES string of the molecule is CCN(C(=O)CSCc1cc2c(cc1Br)OCO2)c1ccccc1. The number of anilines is 1. The first-order valence-corrected chi connectivity index (χ1v) is 9.65. The number of fused-ring (bicyclic) bond motifs is 1. The smallest absolute Gasteiger partial charge is 0.236 e. The first kappa shape index (κ1) is 17.2. The largest absolute Gasteiger partial charge is 0.454 e. The monoisotopic (exact) mass is 407 g/mol. The van der Waals surface area contributed by atoms with Gasteiger partial charge in [-0.15, -0.1) is 11.8 Å². The number of hydrogen-bond acceptors (Lipinski definition) is 4. The van der Waals surface area contributed by atoms with Crippen LogP contribution in [0.1, 0.15) is 12.5 Å². The topological polar surface area (TPSA) is 38.8 Å². The highest BCUT2D eigenvalue weighted by Crippen LogP contribution is 2.38. The molecule has 6 heteroatoms. The normalized spacial score (nSPS) is 12.2. The van der Waals surface area contributed by atoms with Crippen LogP contribution in [0, 0.1) is 0 Å². The van der Waals surface area contributed by atoms with E-state index in [9.17, 15) is 4.79 Å². The molecule has 0 aromatic heterocycles. The highest BCUT2D eigenvalue weighted by Gasteiger charge is 2.17. The first-order valence-electron chi connectivity index (χ1n) is 7.70. The Morgan fingerprint density at radius 3 is 2.62 bits per heavy atom. The van der Waals surface area contributed by atoms with Crippen molar-refractivity contribution in [3.05, 3.63) is 52.5 Å². The number of para-hydroxylation sites is 1. The van der Waals surface area contributed by atoms with E-state index >= 15 is 0 Å². The maximum Gasteiger partial charge on any atom is 0.236 e. The van der Waals surface area contributed by atoms with Crippen molar-refractivity contribution in [2.75, 3.05) is 24.0 Å². The molecular formula is C18H18BrNO3S. The summed E-state index contributed by atoms with van der Waals surface area (Å²) in [4.78, 5) is 14.3. The van der Waals surface area contributed by atoms with Gasteiger partial charge in [0.05, 0.1) is 5.75 Å². The molecule has 126 valence electrons. The molecule has 0 bridgehead atoms. The van der Waals surface area contributed by atoms with Gasteiger partial charge in [-0.3, -0.25) is 4.79 Å². The molecule has 0 atom stereocenters. The van der Waals surface area contributed by atoms with E-state index in [2.05, 4.69) is 15.9 Å². The van der Waals surface area contributed by atoms with Gasteiger partial charge in [-0.1, -0.05) is 34.1 Å². The zero-order valence-corrected chi connectivity index (χ0v) is 15.7. The van der Waals surface area contributed by atoms with Gasteiger partial charge in [-0.25, -0.2) is 0 Å². The summed E-state index contributed by atoms with van der Waals surface area (Å²) in [5, 5.41) is 0. The fourth-order valence-electron chi connectivity index (χ4n) is 2.51. The molecule has 24 heavy (non-hydrogen) atoms. The van der Waals surface area contributed by atoms with E-state index in [1.807, 2.05) is 54.3 Å². The van der Waals surface area contributed by atoms with E-state index in [0.717, 1.165) is 33.0 Å². The van der Waals surface area contributed by atoms with Gasteiger partial charge in [0.25, 0.3) is 0 Å². The Morgan fingerprint density at radius 2 is 1.92 bits per heavy atom. The maximum absolute atomic E-state index is 12.5. The molecule has 0 N–H and O–H groups in total. The molecule has 1 amide bonds. The molecule has 1 aliphatic heterocycles.